The summed E-state index contributed by atoms with van der Waals surface area (Å²) in [6.07, 6.45) is 3.74. The van der Waals surface area contributed by atoms with Gasteiger partial charge in [-0.2, -0.15) is 0 Å². The van der Waals surface area contributed by atoms with E-state index in [0.29, 0.717) is 0 Å². The Kier molecular flexibility index (Phi) is 4.01. The lowest BCUT2D eigenvalue weighted by molar-refractivity contribution is -0.384. The number of para-hydroxylation sites is 1. The number of benzene rings is 2. The molecule has 0 aliphatic rings. The van der Waals surface area contributed by atoms with E-state index < -0.39 is 4.92 Å². The molecule has 114 valence electrons. The van der Waals surface area contributed by atoms with Crippen LogP contribution in [0.4, 0.5) is 11.4 Å². The Morgan fingerprint density at radius 3 is 2.57 bits per heavy atom. The van der Waals surface area contributed by atoms with Crippen molar-refractivity contribution in [1.82, 2.24) is 4.57 Å². The van der Waals surface area contributed by atoms with Crippen molar-refractivity contribution in [3.63, 3.8) is 0 Å². The van der Waals surface area contributed by atoms with Gasteiger partial charge in [0.05, 0.1) is 22.5 Å². The first kappa shape index (κ1) is 14.7. The van der Waals surface area contributed by atoms with E-state index in [0.717, 1.165) is 22.6 Å². The summed E-state index contributed by atoms with van der Waals surface area (Å²) < 4.78 is 2.03. The van der Waals surface area contributed by atoms with Crippen LogP contribution in [0.25, 0.3) is 5.69 Å². The molecule has 3 rings (SSSR count). The van der Waals surface area contributed by atoms with E-state index in [-0.39, 0.29) is 5.69 Å². The van der Waals surface area contributed by atoms with Gasteiger partial charge in [-0.15, -0.1) is 0 Å². The normalized spacial score (nSPS) is 11.0. The van der Waals surface area contributed by atoms with Crippen LogP contribution in [-0.4, -0.2) is 15.7 Å². The fourth-order valence-electron chi connectivity index (χ4n) is 2.36. The molecule has 0 aliphatic carbocycles. The Bertz CT molecular complexity index is 867. The van der Waals surface area contributed by atoms with Crippen molar-refractivity contribution in [2.24, 2.45) is 4.99 Å². The first-order chi connectivity index (χ1) is 11.1. The number of nitrogens with zero attached hydrogens (tertiary/aromatic N) is 3. The molecular weight excluding hydrogens is 290 g/mol. The standard InChI is InChI=1S/C18H15N3O2/c1-14-12-16(21(22)23)9-10-18(14)19-13-17-8-5-11-20(17)15-6-3-2-4-7-15/h2-13H,1H3. The number of hydrogen-bond acceptors (Lipinski definition) is 3. The smallest absolute Gasteiger partial charge is 0.269 e. The highest BCUT2D eigenvalue weighted by molar-refractivity contribution is 5.81. The van der Waals surface area contributed by atoms with Crippen LogP contribution < -0.4 is 0 Å². The molecule has 0 atom stereocenters. The first-order valence-electron chi connectivity index (χ1n) is 7.17. The number of hydrogen-bond donors (Lipinski definition) is 0. The van der Waals surface area contributed by atoms with E-state index in [1.54, 1.807) is 12.3 Å². The van der Waals surface area contributed by atoms with Gasteiger partial charge in [0.25, 0.3) is 5.69 Å². The number of aliphatic imine (C=N–C) groups is 1. The van der Waals surface area contributed by atoms with Gasteiger partial charge in [0, 0.05) is 24.0 Å². The van der Waals surface area contributed by atoms with Gasteiger partial charge in [-0.1, -0.05) is 18.2 Å². The van der Waals surface area contributed by atoms with E-state index in [4.69, 9.17) is 0 Å². The summed E-state index contributed by atoms with van der Waals surface area (Å²) in [5, 5.41) is 10.8. The molecule has 5 nitrogen and oxygen atoms in total. The van der Waals surface area contributed by atoms with E-state index in [1.165, 1.54) is 12.1 Å². The zero-order valence-corrected chi connectivity index (χ0v) is 12.6. The van der Waals surface area contributed by atoms with Gasteiger partial charge in [0.1, 0.15) is 0 Å². The molecule has 0 radical (unpaired) electrons. The van der Waals surface area contributed by atoms with E-state index >= 15 is 0 Å². The third-order valence-electron chi connectivity index (χ3n) is 3.54. The monoisotopic (exact) mass is 305 g/mol. The Morgan fingerprint density at radius 1 is 1.09 bits per heavy atom. The summed E-state index contributed by atoms with van der Waals surface area (Å²) in [4.78, 5) is 14.8. The Morgan fingerprint density at radius 2 is 1.87 bits per heavy atom. The minimum absolute atomic E-state index is 0.0779. The van der Waals surface area contributed by atoms with Gasteiger partial charge in [-0.25, -0.2) is 0 Å². The van der Waals surface area contributed by atoms with E-state index in [9.17, 15) is 10.1 Å². The maximum absolute atomic E-state index is 10.8. The summed E-state index contributed by atoms with van der Waals surface area (Å²) in [6.45, 7) is 1.82. The Balaban J connectivity index is 1.90. The molecule has 3 aromatic rings. The van der Waals surface area contributed by atoms with Crippen LogP contribution in [0.1, 0.15) is 11.3 Å². The number of rotatable bonds is 4. The van der Waals surface area contributed by atoms with Crippen molar-refractivity contribution in [2.45, 2.75) is 6.92 Å². The second-order valence-electron chi connectivity index (χ2n) is 5.12. The maximum Gasteiger partial charge on any atom is 0.269 e. The van der Waals surface area contributed by atoms with Gasteiger partial charge in [0.15, 0.2) is 0 Å². The third-order valence-corrected chi connectivity index (χ3v) is 3.54. The lowest BCUT2D eigenvalue weighted by Crippen LogP contribution is -1.97. The molecule has 5 heteroatoms. The van der Waals surface area contributed by atoms with Crippen LogP contribution in [0, 0.1) is 17.0 Å². The predicted molar refractivity (Wildman–Crippen MR) is 90.9 cm³/mol. The molecule has 0 spiro atoms. The molecule has 0 aliphatic heterocycles. The van der Waals surface area contributed by atoms with Crippen LogP contribution in [-0.2, 0) is 0 Å². The van der Waals surface area contributed by atoms with Gasteiger partial charge in [0.2, 0.25) is 0 Å². The highest BCUT2D eigenvalue weighted by Crippen LogP contribution is 2.23. The minimum Gasteiger partial charge on any atom is -0.316 e. The average Bonchev–Trinajstić information content (AvgIpc) is 3.03. The fourth-order valence-corrected chi connectivity index (χ4v) is 2.36. The van der Waals surface area contributed by atoms with Crippen LogP contribution in [0.5, 0.6) is 0 Å². The summed E-state index contributed by atoms with van der Waals surface area (Å²) in [6, 6.07) is 18.6. The molecule has 0 bridgehead atoms. The number of aromatic nitrogens is 1. The van der Waals surface area contributed by atoms with Crippen molar-refractivity contribution in [3.05, 3.63) is 88.2 Å². The molecule has 23 heavy (non-hydrogen) atoms. The van der Waals surface area contributed by atoms with Crippen molar-refractivity contribution >= 4 is 17.6 Å². The molecule has 0 N–H and O–H groups in total. The second-order valence-corrected chi connectivity index (χ2v) is 5.12. The van der Waals surface area contributed by atoms with E-state index in [2.05, 4.69) is 4.99 Å². The summed E-state index contributed by atoms with van der Waals surface area (Å²) >= 11 is 0. The number of nitro benzene ring substituents is 1. The van der Waals surface area contributed by atoms with Crippen LogP contribution in [0.2, 0.25) is 0 Å². The highest BCUT2D eigenvalue weighted by Gasteiger charge is 2.07. The zero-order valence-electron chi connectivity index (χ0n) is 12.6. The highest BCUT2D eigenvalue weighted by atomic mass is 16.6. The van der Waals surface area contributed by atoms with Crippen molar-refractivity contribution in [2.75, 3.05) is 0 Å². The Labute approximate surface area is 133 Å². The predicted octanol–water partition coefficient (Wildman–Crippen LogP) is 4.44. The number of aryl methyl sites for hydroxylation is 1. The van der Waals surface area contributed by atoms with Crippen LogP contribution >= 0.6 is 0 Å². The number of nitro groups is 1. The SMILES string of the molecule is Cc1cc([N+](=O)[O-])ccc1N=Cc1cccn1-c1ccccc1. The molecule has 0 amide bonds. The quantitative estimate of drug-likeness (QED) is 0.406. The minimum atomic E-state index is -0.402. The van der Waals surface area contributed by atoms with Crippen molar-refractivity contribution in [1.29, 1.82) is 0 Å². The maximum atomic E-state index is 10.8. The number of non-ortho nitro benzene ring substituents is 1. The van der Waals surface area contributed by atoms with Crippen molar-refractivity contribution in [3.8, 4) is 5.69 Å². The summed E-state index contributed by atoms with van der Waals surface area (Å²) in [5.74, 6) is 0. The molecule has 1 heterocycles. The zero-order chi connectivity index (χ0) is 16.2. The van der Waals surface area contributed by atoms with Gasteiger partial charge in [-0.05, 0) is 42.8 Å². The largest absolute Gasteiger partial charge is 0.316 e. The molecule has 2 aromatic carbocycles. The van der Waals surface area contributed by atoms with Crippen LogP contribution in [0.3, 0.4) is 0 Å². The summed E-state index contributed by atoms with van der Waals surface area (Å²) in [5.41, 5.74) is 3.56. The fraction of sp³-hybridized carbons (Fsp3) is 0.0556. The molecule has 1 aromatic heterocycles. The lowest BCUT2D eigenvalue weighted by atomic mass is 10.2. The second kappa shape index (κ2) is 6.27. The van der Waals surface area contributed by atoms with Crippen molar-refractivity contribution < 1.29 is 4.92 Å². The lowest BCUT2D eigenvalue weighted by Gasteiger charge is -2.06. The van der Waals surface area contributed by atoms with E-state index in [1.807, 2.05) is 60.2 Å². The first-order valence-corrected chi connectivity index (χ1v) is 7.17. The molecular formula is C18H15N3O2. The summed E-state index contributed by atoms with van der Waals surface area (Å²) in [7, 11) is 0. The molecule has 0 fully saturated rings. The topological polar surface area (TPSA) is 60.4 Å². The third kappa shape index (κ3) is 3.18. The van der Waals surface area contributed by atoms with Gasteiger partial charge in [-0.3, -0.25) is 15.1 Å². The van der Waals surface area contributed by atoms with Crippen LogP contribution in [0.15, 0.2) is 71.9 Å². The van der Waals surface area contributed by atoms with Gasteiger partial charge >= 0.3 is 0 Å². The Hall–Kier alpha value is -3.21. The molecule has 0 unspecified atom stereocenters. The average molecular weight is 305 g/mol. The molecule has 0 saturated heterocycles. The van der Waals surface area contributed by atoms with Gasteiger partial charge < -0.3 is 4.57 Å². The molecule has 0 saturated carbocycles.